The summed E-state index contributed by atoms with van der Waals surface area (Å²) in [7, 11) is 0. The minimum absolute atomic E-state index is 0.604. The zero-order valence-electron chi connectivity index (χ0n) is 8.87. The van der Waals surface area contributed by atoms with Crippen molar-refractivity contribution in [2.24, 2.45) is 0 Å². The van der Waals surface area contributed by atoms with Crippen LogP contribution in [0.15, 0.2) is 36.0 Å². The van der Waals surface area contributed by atoms with Gasteiger partial charge in [0, 0.05) is 0 Å². The third-order valence-corrected chi connectivity index (χ3v) is 2.93. The van der Waals surface area contributed by atoms with Crippen molar-refractivity contribution in [3.8, 4) is 0 Å². The molecule has 0 unspecified atom stereocenters. The van der Waals surface area contributed by atoms with Crippen molar-refractivity contribution in [2.75, 3.05) is 5.32 Å². The number of fused-ring (bicyclic) bond motifs is 1. The molecule has 0 radical (unpaired) electrons. The molecule has 0 aliphatic rings. The highest BCUT2D eigenvalue weighted by Crippen LogP contribution is 2.11. The van der Waals surface area contributed by atoms with Gasteiger partial charge < -0.3 is 5.32 Å². The molecule has 0 saturated heterocycles. The Kier molecular flexibility index (Phi) is 2.63. The highest BCUT2D eigenvalue weighted by Gasteiger charge is 2.00. The summed E-state index contributed by atoms with van der Waals surface area (Å²) in [4.78, 5) is 8.85. The Balaban J connectivity index is 1.81. The van der Waals surface area contributed by atoms with Crippen molar-refractivity contribution in [2.45, 2.75) is 6.54 Å². The Labute approximate surface area is 102 Å². The van der Waals surface area contributed by atoms with Crippen molar-refractivity contribution < 1.29 is 0 Å². The second-order valence-electron chi connectivity index (χ2n) is 3.45. The van der Waals surface area contributed by atoms with Crippen molar-refractivity contribution in [3.63, 3.8) is 0 Å². The van der Waals surface area contributed by atoms with Crippen LogP contribution in [0.4, 0.5) is 5.13 Å². The number of benzene rings is 1. The molecule has 0 spiro atoms. The van der Waals surface area contributed by atoms with Gasteiger partial charge in [-0.2, -0.15) is 0 Å². The van der Waals surface area contributed by atoms with Crippen LogP contribution >= 0.6 is 11.3 Å². The first-order valence-corrected chi connectivity index (χ1v) is 6.00. The number of para-hydroxylation sites is 2. The SMILES string of the molecule is c1ccc2nc(CNc3nncs3)cnc2c1. The molecule has 1 aromatic carbocycles. The third kappa shape index (κ3) is 2.21. The van der Waals surface area contributed by atoms with Crippen molar-refractivity contribution in [1.29, 1.82) is 0 Å². The Morgan fingerprint density at radius 3 is 2.88 bits per heavy atom. The van der Waals surface area contributed by atoms with Crippen LogP contribution < -0.4 is 5.32 Å². The van der Waals surface area contributed by atoms with E-state index in [0.29, 0.717) is 6.54 Å². The van der Waals surface area contributed by atoms with Gasteiger partial charge in [0.15, 0.2) is 0 Å². The van der Waals surface area contributed by atoms with Gasteiger partial charge in [-0.3, -0.25) is 4.98 Å². The summed E-state index contributed by atoms with van der Waals surface area (Å²) in [5, 5.41) is 11.6. The Bertz CT molecular complexity index is 623. The summed E-state index contributed by atoms with van der Waals surface area (Å²) in [6, 6.07) is 7.82. The molecule has 0 saturated carbocycles. The van der Waals surface area contributed by atoms with E-state index in [4.69, 9.17) is 0 Å². The first kappa shape index (κ1) is 10.1. The quantitative estimate of drug-likeness (QED) is 0.763. The van der Waals surface area contributed by atoms with Gasteiger partial charge >= 0.3 is 0 Å². The zero-order valence-corrected chi connectivity index (χ0v) is 9.68. The van der Waals surface area contributed by atoms with Crippen LogP contribution in [0.25, 0.3) is 11.0 Å². The minimum atomic E-state index is 0.604. The normalized spacial score (nSPS) is 10.6. The molecule has 0 aliphatic carbocycles. The monoisotopic (exact) mass is 243 g/mol. The number of hydrogen-bond donors (Lipinski definition) is 1. The van der Waals surface area contributed by atoms with Crippen molar-refractivity contribution in [1.82, 2.24) is 20.2 Å². The molecule has 5 nitrogen and oxygen atoms in total. The molecule has 2 heterocycles. The topological polar surface area (TPSA) is 63.6 Å². The van der Waals surface area contributed by atoms with Crippen molar-refractivity contribution >= 4 is 27.5 Å². The molecule has 6 heteroatoms. The molecule has 2 aromatic heterocycles. The number of aromatic nitrogens is 4. The number of nitrogens with one attached hydrogen (secondary N) is 1. The molecule has 1 N–H and O–H groups in total. The number of hydrogen-bond acceptors (Lipinski definition) is 6. The Morgan fingerprint density at radius 1 is 1.18 bits per heavy atom. The maximum Gasteiger partial charge on any atom is 0.205 e. The van der Waals surface area contributed by atoms with Gasteiger partial charge in [-0.1, -0.05) is 23.5 Å². The first-order chi connectivity index (χ1) is 8.42. The van der Waals surface area contributed by atoms with Crippen LogP contribution in [0.2, 0.25) is 0 Å². The van der Waals surface area contributed by atoms with E-state index < -0.39 is 0 Å². The Hall–Kier alpha value is -2.08. The highest BCUT2D eigenvalue weighted by atomic mass is 32.1. The lowest BCUT2D eigenvalue weighted by atomic mass is 10.3. The van der Waals surface area contributed by atoms with Crippen LogP contribution in [0.5, 0.6) is 0 Å². The lowest BCUT2D eigenvalue weighted by molar-refractivity contribution is 1.01. The first-order valence-electron chi connectivity index (χ1n) is 5.12. The van der Waals surface area contributed by atoms with Crippen LogP contribution in [0.3, 0.4) is 0 Å². The van der Waals surface area contributed by atoms with Gasteiger partial charge in [0.05, 0.1) is 29.5 Å². The standard InChI is InChI=1S/C11H9N5S/c1-2-4-10-9(3-1)12-5-8(15-10)6-13-11-16-14-7-17-11/h1-5,7H,6H2,(H,13,16). The van der Waals surface area contributed by atoms with Gasteiger partial charge in [-0.25, -0.2) is 4.98 Å². The van der Waals surface area contributed by atoms with E-state index in [2.05, 4.69) is 25.5 Å². The largest absolute Gasteiger partial charge is 0.354 e. The van der Waals surface area contributed by atoms with E-state index in [1.807, 2.05) is 24.3 Å². The molecule has 0 amide bonds. The summed E-state index contributed by atoms with van der Waals surface area (Å²) < 4.78 is 0. The van der Waals surface area contributed by atoms with Gasteiger partial charge in [-0.15, -0.1) is 10.2 Å². The van der Waals surface area contributed by atoms with E-state index in [1.165, 1.54) is 11.3 Å². The summed E-state index contributed by atoms with van der Waals surface area (Å²) in [5.74, 6) is 0. The summed E-state index contributed by atoms with van der Waals surface area (Å²) in [5.41, 5.74) is 4.39. The van der Waals surface area contributed by atoms with E-state index in [-0.39, 0.29) is 0 Å². The summed E-state index contributed by atoms with van der Waals surface area (Å²) in [6.07, 6.45) is 1.77. The van der Waals surface area contributed by atoms with Gasteiger partial charge in [0.25, 0.3) is 0 Å². The summed E-state index contributed by atoms with van der Waals surface area (Å²) in [6.45, 7) is 0.604. The average molecular weight is 243 g/mol. The average Bonchev–Trinajstić information content (AvgIpc) is 2.89. The second kappa shape index (κ2) is 4.42. The fourth-order valence-corrected chi connectivity index (χ4v) is 1.94. The maximum atomic E-state index is 4.51. The predicted octanol–water partition coefficient (Wildman–Crippen LogP) is 2.09. The van der Waals surface area contributed by atoms with Crippen molar-refractivity contribution in [3.05, 3.63) is 41.7 Å². The molecule has 0 bridgehead atoms. The molecule has 0 fully saturated rings. The fraction of sp³-hybridized carbons (Fsp3) is 0.0909. The third-order valence-electron chi connectivity index (χ3n) is 2.28. The van der Waals surface area contributed by atoms with Gasteiger partial charge in [-0.05, 0) is 12.1 Å². The maximum absolute atomic E-state index is 4.51. The molecule has 0 atom stereocenters. The lowest BCUT2D eigenvalue weighted by Gasteiger charge is -2.02. The van der Waals surface area contributed by atoms with E-state index in [1.54, 1.807) is 11.7 Å². The second-order valence-corrected chi connectivity index (χ2v) is 4.28. The molecular formula is C11H9N5S. The molecular weight excluding hydrogens is 234 g/mol. The molecule has 17 heavy (non-hydrogen) atoms. The van der Waals surface area contributed by atoms with E-state index >= 15 is 0 Å². The number of anilines is 1. The fourth-order valence-electron chi connectivity index (χ4n) is 1.50. The van der Waals surface area contributed by atoms with Crippen LogP contribution in [-0.4, -0.2) is 20.2 Å². The molecule has 3 rings (SSSR count). The lowest BCUT2D eigenvalue weighted by Crippen LogP contribution is -2.02. The van der Waals surface area contributed by atoms with Crippen LogP contribution in [0, 0.1) is 0 Å². The highest BCUT2D eigenvalue weighted by molar-refractivity contribution is 7.13. The number of rotatable bonds is 3. The summed E-state index contributed by atoms with van der Waals surface area (Å²) >= 11 is 1.46. The molecule has 0 aliphatic heterocycles. The predicted molar refractivity (Wildman–Crippen MR) is 66.8 cm³/mol. The molecule has 84 valence electrons. The Morgan fingerprint density at radius 2 is 2.06 bits per heavy atom. The van der Waals surface area contributed by atoms with E-state index in [9.17, 15) is 0 Å². The molecule has 3 aromatic rings. The van der Waals surface area contributed by atoms with Crippen LogP contribution in [0.1, 0.15) is 5.69 Å². The van der Waals surface area contributed by atoms with E-state index in [0.717, 1.165) is 21.9 Å². The van der Waals surface area contributed by atoms with Gasteiger partial charge in [0.1, 0.15) is 5.51 Å². The smallest absolute Gasteiger partial charge is 0.205 e. The minimum Gasteiger partial charge on any atom is -0.354 e. The zero-order chi connectivity index (χ0) is 11.5. The number of nitrogens with zero attached hydrogens (tertiary/aromatic N) is 4. The van der Waals surface area contributed by atoms with Crippen LogP contribution in [-0.2, 0) is 6.54 Å². The van der Waals surface area contributed by atoms with Gasteiger partial charge in [0.2, 0.25) is 5.13 Å².